The fourth-order valence-electron chi connectivity index (χ4n) is 2.74. The molecule has 4 aromatic rings. The highest BCUT2D eigenvalue weighted by Gasteiger charge is 2.14. The number of furan rings is 1. The summed E-state index contributed by atoms with van der Waals surface area (Å²) in [6.07, 6.45) is 3.38. The fraction of sp³-hybridized carbons (Fsp3) is 0.143. The van der Waals surface area contributed by atoms with E-state index in [-0.39, 0.29) is 11.7 Å². The molecule has 1 aromatic carbocycles. The van der Waals surface area contributed by atoms with Crippen LogP contribution in [0.3, 0.4) is 0 Å². The molecule has 0 bridgehead atoms. The van der Waals surface area contributed by atoms with Crippen molar-refractivity contribution in [2.24, 2.45) is 0 Å². The van der Waals surface area contributed by atoms with Gasteiger partial charge in [-0.15, -0.1) is 5.10 Å². The summed E-state index contributed by atoms with van der Waals surface area (Å²) in [6.45, 7) is 0.378. The van der Waals surface area contributed by atoms with Crippen LogP contribution >= 0.6 is 23.4 Å². The molecule has 7 nitrogen and oxygen atoms in total. The zero-order chi connectivity index (χ0) is 20.9. The van der Waals surface area contributed by atoms with Crippen LogP contribution < -0.4 is 0 Å². The summed E-state index contributed by atoms with van der Waals surface area (Å²) in [7, 11) is 1.74. The molecule has 1 amide bonds. The Morgan fingerprint density at radius 1 is 1.10 bits per heavy atom. The highest BCUT2D eigenvalue weighted by molar-refractivity contribution is 7.99. The van der Waals surface area contributed by atoms with E-state index in [1.54, 1.807) is 24.3 Å². The number of nitrogens with zero attached hydrogens (tertiary/aromatic N) is 4. The van der Waals surface area contributed by atoms with E-state index >= 15 is 0 Å². The Bertz CT molecular complexity index is 1130. The number of aromatic nitrogens is 4. The summed E-state index contributed by atoms with van der Waals surface area (Å²) in [5.41, 5.74) is 1.83. The van der Waals surface area contributed by atoms with Crippen molar-refractivity contribution in [1.29, 1.82) is 0 Å². The first kappa shape index (κ1) is 20.2. The van der Waals surface area contributed by atoms with Gasteiger partial charge in [0.25, 0.3) is 0 Å². The molecule has 152 valence electrons. The third kappa shape index (κ3) is 4.90. The number of benzene rings is 1. The van der Waals surface area contributed by atoms with E-state index in [1.807, 2.05) is 48.5 Å². The van der Waals surface area contributed by atoms with E-state index in [2.05, 4.69) is 20.2 Å². The summed E-state index contributed by atoms with van der Waals surface area (Å²) < 4.78 is 5.87. The van der Waals surface area contributed by atoms with Crippen molar-refractivity contribution in [2.45, 2.75) is 11.7 Å². The van der Waals surface area contributed by atoms with Crippen LogP contribution in [-0.2, 0) is 11.3 Å². The number of hydrogen-bond acceptors (Lipinski definition) is 6. The number of hydrogen-bond donors (Lipinski definition) is 1. The first-order chi connectivity index (χ1) is 14.6. The minimum absolute atomic E-state index is 0.0419. The lowest BCUT2D eigenvalue weighted by Crippen LogP contribution is -2.27. The van der Waals surface area contributed by atoms with Gasteiger partial charge >= 0.3 is 0 Å². The van der Waals surface area contributed by atoms with Crippen LogP contribution in [0.5, 0.6) is 0 Å². The van der Waals surface area contributed by atoms with Crippen molar-refractivity contribution in [3.8, 4) is 22.7 Å². The van der Waals surface area contributed by atoms with Crippen molar-refractivity contribution in [3.05, 3.63) is 71.7 Å². The average molecular weight is 440 g/mol. The van der Waals surface area contributed by atoms with Gasteiger partial charge in [0, 0.05) is 35.6 Å². The molecule has 3 heterocycles. The predicted molar refractivity (Wildman–Crippen MR) is 116 cm³/mol. The topological polar surface area (TPSA) is 87.9 Å². The van der Waals surface area contributed by atoms with Gasteiger partial charge in [0.2, 0.25) is 11.1 Å². The molecular weight excluding hydrogens is 422 g/mol. The van der Waals surface area contributed by atoms with E-state index in [9.17, 15) is 4.79 Å². The zero-order valence-corrected chi connectivity index (χ0v) is 17.7. The lowest BCUT2D eigenvalue weighted by Gasteiger charge is -2.14. The second-order valence-corrected chi connectivity index (χ2v) is 7.89. The number of amides is 1. The maximum absolute atomic E-state index is 12.5. The Balaban J connectivity index is 1.31. The highest BCUT2D eigenvalue weighted by atomic mass is 35.5. The molecular formula is C21H18ClN5O2S. The van der Waals surface area contributed by atoms with Crippen molar-refractivity contribution in [2.75, 3.05) is 12.8 Å². The van der Waals surface area contributed by atoms with Crippen LogP contribution in [0.4, 0.5) is 0 Å². The van der Waals surface area contributed by atoms with E-state index in [0.717, 1.165) is 16.9 Å². The number of aromatic amines is 1. The third-order valence-electron chi connectivity index (χ3n) is 4.35. The van der Waals surface area contributed by atoms with E-state index in [0.29, 0.717) is 28.3 Å². The number of thioether (sulfide) groups is 1. The van der Waals surface area contributed by atoms with E-state index in [1.165, 1.54) is 11.8 Å². The van der Waals surface area contributed by atoms with Crippen LogP contribution in [0.15, 0.2) is 70.5 Å². The minimum Gasteiger partial charge on any atom is -0.459 e. The number of H-pyrrole nitrogens is 1. The van der Waals surface area contributed by atoms with Gasteiger partial charge in [-0.1, -0.05) is 23.4 Å². The maximum atomic E-state index is 12.5. The van der Waals surface area contributed by atoms with Crippen molar-refractivity contribution in [1.82, 2.24) is 25.1 Å². The molecule has 0 saturated carbocycles. The molecule has 0 unspecified atom stereocenters. The second kappa shape index (κ2) is 9.15. The van der Waals surface area contributed by atoms with Gasteiger partial charge in [-0.05, 0) is 48.5 Å². The van der Waals surface area contributed by atoms with Crippen LogP contribution in [0, 0.1) is 0 Å². The fourth-order valence-corrected chi connectivity index (χ4v) is 3.61. The number of carbonyl (C=O) groups is 1. The van der Waals surface area contributed by atoms with Gasteiger partial charge in [-0.3, -0.25) is 14.9 Å². The summed E-state index contributed by atoms with van der Waals surface area (Å²) in [4.78, 5) is 22.5. The molecule has 0 aliphatic carbocycles. The molecule has 0 aliphatic heterocycles. The largest absolute Gasteiger partial charge is 0.459 e. The summed E-state index contributed by atoms with van der Waals surface area (Å²) in [5.74, 6) is 2.28. The van der Waals surface area contributed by atoms with Gasteiger partial charge in [0.15, 0.2) is 5.82 Å². The number of carbonyl (C=O) groups excluding carboxylic acids is 1. The third-order valence-corrected chi connectivity index (χ3v) is 5.44. The molecule has 4 rings (SSSR count). The molecule has 0 spiro atoms. The standard InChI is InChI=1S/C21H18ClN5O2S/c1-27(12-17-6-7-18(29-17)14-2-4-16(22)5-3-14)19(28)13-30-21-24-20(25-26-21)15-8-10-23-11-9-15/h2-11H,12-13H2,1H3,(H,24,25,26). The Labute approximate surface area is 182 Å². The Morgan fingerprint density at radius 2 is 1.87 bits per heavy atom. The molecule has 0 atom stereocenters. The van der Waals surface area contributed by atoms with Crippen molar-refractivity contribution < 1.29 is 9.21 Å². The SMILES string of the molecule is CN(Cc1ccc(-c2ccc(Cl)cc2)o1)C(=O)CSc1n[nH]c(-c2ccncc2)n1. The van der Waals surface area contributed by atoms with E-state index < -0.39 is 0 Å². The first-order valence-electron chi connectivity index (χ1n) is 9.13. The van der Waals surface area contributed by atoms with Crippen LogP contribution in [0.25, 0.3) is 22.7 Å². The molecule has 0 fully saturated rings. The molecule has 3 aromatic heterocycles. The quantitative estimate of drug-likeness (QED) is 0.425. The van der Waals surface area contributed by atoms with Gasteiger partial charge < -0.3 is 9.32 Å². The summed E-state index contributed by atoms with van der Waals surface area (Å²) >= 11 is 7.21. The van der Waals surface area contributed by atoms with Crippen molar-refractivity contribution in [3.63, 3.8) is 0 Å². The van der Waals surface area contributed by atoms with Crippen molar-refractivity contribution >= 4 is 29.3 Å². The molecule has 30 heavy (non-hydrogen) atoms. The average Bonchev–Trinajstić information content (AvgIpc) is 3.43. The van der Waals surface area contributed by atoms with Gasteiger partial charge in [-0.25, -0.2) is 4.98 Å². The Kier molecular flexibility index (Phi) is 6.15. The highest BCUT2D eigenvalue weighted by Crippen LogP contribution is 2.24. The minimum atomic E-state index is -0.0419. The number of pyridine rings is 1. The van der Waals surface area contributed by atoms with Crippen LogP contribution in [0.2, 0.25) is 5.02 Å². The zero-order valence-electron chi connectivity index (χ0n) is 16.1. The number of nitrogens with one attached hydrogen (secondary N) is 1. The Morgan fingerprint density at radius 3 is 2.63 bits per heavy atom. The molecule has 0 aliphatic rings. The van der Waals surface area contributed by atoms with Gasteiger partial charge in [0.1, 0.15) is 11.5 Å². The van der Waals surface area contributed by atoms with Crippen LogP contribution in [0.1, 0.15) is 5.76 Å². The Hall–Kier alpha value is -3.10. The lowest BCUT2D eigenvalue weighted by molar-refractivity contribution is -0.127. The number of rotatable bonds is 7. The smallest absolute Gasteiger partial charge is 0.233 e. The second-order valence-electron chi connectivity index (χ2n) is 6.51. The normalized spacial score (nSPS) is 10.9. The number of halogens is 1. The lowest BCUT2D eigenvalue weighted by atomic mass is 10.2. The first-order valence-corrected chi connectivity index (χ1v) is 10.5. The summed E-state index contributed by atoms with van der Waals surface area (Å²) in [5, 5.41) is 8.23. The maximum Gasteiger partial charge on any atom is 0.233 e. The van der Waals surface area contributed by atoms with Crippen LogP contribution in [-0.4, -0.2) is 43.8 Å². The molecule has 9 heteroatoms. The van der Waals surface area contributed by atoms with Gasteiger partial charge in [-0.2, -0.15) is 0 Å². The molecule has 0 radical (unpaired) electrons. The predicted octanol–water partition coefficient (Wildman–Crippen LogP) is 4.53. The summed E-state index contributed by atoms with van der Waals surface area (Å²) in [6, 6.07) is 14.9. The molecule has 1 N–H and O–H groups in total. The van der Waals surface area contributed by atoms with E-state index in [4.69, 9.17) is 16.0 Å². The monoisotopic (exact) mass is 439 g/mol. The molecule has 0 saturated heterocycles. The van der Waals surface area contributed by atoms with Gasteiger partial charge in [0.05, 0.1) is 12.3 Å².